The number of carbonyl (C=O) groups excluding carboxylic acids is 1. The normalized spacial score (nSPS) is 10.1. The van der Waals surface area contributed by atoms with Crippen molar-refractivity contribution >= 4 is 5.78 Å². The summed E-state index contributed by atoms with van der Waals surface area (Å²) in [6.07, 6.45) is 0. The van der Waals surface area contributed by atoms with E-state index in [0.717, 1.165) is 0 Å². The molecular formula is C12H16O4. The first-order valence-electron chi connectivity index (χ1n) is 5.05. The topological polar surface area (TPSA) is 44.8 Å². The van der Waals surface area contributed by atoms with Crippen molar-refractivity contribution in [3.8, 4) is 5.75 Å². The number of rotatable bonds is 7. The van der Waals surface area contributed by atoms with Crippen molar-refractivity contribution in [1.29, 1.82) is 0 Å². The second-order valence-corrected chi connectivity index (χ2v) is 3.22. The van der Waals surface area contributed by atoms with Gasteiger partial charge in [-0.2, -0.15) is 0 Å². The number of benzene rings is 1. The molecule has 88 valence electrons. The van der Waals surface area contributed by atoms with Crippen LogP contribution in [0.1, 0.15) is 17.3 Å². The SMILES string of the molecule is COCCOCOc1ccccc1C(C)=O. The third kappa shape index (κ3) is 4.00. The van der Waals surface area contributed by atoms with Gasteiger partial charge in [0.1, 0.15) is 5.75 Å². The van der Waals surface area contributed by atoms with Gasteiger partial charge in [-0.25, -0.2) is 0 Å². The zero-order valence-corrected chi connectivity index (χ0v) is 9.56. The van der Waals surface area contributed by atoms with Crippen LogP contribution in [-0.2, 0) is 9.47 Å². The highest BCUT2D eigenvalue weighted by molar-refractivity contribution is 5.96. The molecule has 0 fully saturated rings. The molecular weight excluding hydrogens is 208 g/mol. The molecule has 4 heteroatoms. The largest absolute Gasteiger partial charge is 0.467 e. The van der Waals surface area contributed by atoms with Crippen molar-refractivity contribution in [3.63, 3.8) is 0 Å². The molecule has 0 aromatic heterocycles. The van der Waals surface area contributed by atoms with Crippen LogP contribution in [-0.4, -0.2) is 32.9 Å². The van der Waals surface area contributed by atoms with E-state index in [-0.39, 0.29) is 12.6 Å². The minimum atomic E-state index is -0.0208. The Kier molecular flexibility index (Phi) is 5.53. The summed E-state index contributed by atoms with van der Waals surface area (Å²) in [7, 11) is 1.61. The zero-order chi connectivity index (χ0) is 11.8. The van der Waals surface area contributed by atoms with Crippen molar-refractivity contribution in [2.45, 2.75) is 6.92 Å². The predicted molar refractivity (Wildman–Crippen MR) is 59.8 cm³/mol. The summed E-state index contributed by atoms with van der Waals surface area (Å²) in [5, 5.41) is 0. The highest BCUT2D eigenvalue weighted by Crippen LogP contribution is 2.18. The number of para-hydroxylation sites is 1. The van der Waals surface area contributed by atoms with Crippen molar-refractivity contribution in [2.24, 2.45) is 0 Å². The maximum atomic E-state index is 11.3. The Hall–Kier alpha value is -1.39. The molecule has 0 atom stereocenters. The molecule has 0 amide bonds. The smallest absolute Gasteiger partial charge is 0.189 e. The Labute approximate surface area is 95.1 Å². The first-order valence-corrected chi connectivity index (χ1v) is 5.05. The molecule has 0 spiro atoms. The zero-order valence-electron chi connectivity index (χ0n) is 9.56. The van der Waals surface area contributed by atoms with Gasteiger partial charge in [-0.15, -0.1) is 0 Å². The van der Waals surface area contributed by atoms with E-state index in [1.165, 1.54) is 6.92 Å². The molecule has 0 aliphatic carbocycles. The van der Waals surface area contributed by atoms with Crippen LogP contribution in [0.3, 0.4) is 0 Å². The average Bonchev–Trinajstić information content (AvgIpc) is 2.29. The fraction of sp³-hybridized carbons (Fsp3) is 0.417. The van der Waals surface area contributed by atoms with E-state index in [1.54, 1.807) is 25.3 Å². The maximum Gasteiger partial charge on any atom is 0.189 e. The van der Waals surface area contributed by atoms with Gasteiger partial charge in [0.15, 0.2) is 12.6 Å². The minimum Gasteiger partial charge on any atom is -0.467 e. The maximum absolute atomic E-state index is 11.3. The van der Waals surface area contributed by atoms with Gasteiger partial charge >= 0.3 is 0 Å². The van der Waals surface area contributed by atoms with Gasteiger partial charge in [0.05, 0.1) is 18.8 Å². The number of carbonyl (C=O) groups is 1. The van der Waals surface area contributed by atoms with Crippen LogP contribution < -0.4 is 4.74 Å². The van der Waals surface area contributed by atoms with Crippen LogP contribution in [0.15, 0.2) is 24.3 Å². The molecule has 1 aromatic rings. The summed E-state index contributed by atoms with van der Waals surface area (Å²) in [6.45, 7) is 2.62. The molecule has 0 saturated heterocycles. The molecule has 0 aliphatic heterocycles. The highest BCUT2D eigenvalue weighted by Gasteiger charge is 2.06. The number of ketones is 1. The lowest BCUT2D eigenvalue weighted by molar-refractivity contribution is -0.00872. The Morgan fingerprint density at radius 2 is 2.00 bits per heavy atom. The van der Waals surface area contributed by atoms with Crippen LogP contribution in [0.2, 0.25) is 0 Å². The molecule has 16 heavy (non-hydrogen) atoms. The van der Waals surface area contributed by atoms with E-state index in [0.29, 0.717) is 24.5 Å². The molecule has 0 aliphatic rings. The second-order valence-electron chi connectivity index (χ2n) is 3.22. The molecule has 0 bridgehead atoms. The number of hydrogen-bond donors (Lipinski definition) is 0. The molecule has 1 aromatic carbocycles. The fourth-order valence-electron chi connectivity index (χ4n) is 1.19. The number of ether oxygens (including phenoxy) is 3. The molecule has 0 radical (unpaired) electrons. The number of Topliss-reactive ketones (excluding diaryl/α,β-unsaturated/α-hetero) is 1. The van der Waals surface area contributed by atoms with E-state index in [1.807, 2.05) is 6.07 Å². The van der Waals surface area contributed by atoms with Crippen LogP contribution in [0, 0.1) is 0 Å². The van der Waals surface area contributed by atoms with Gasteiger partial charge in [-0.05, 0) is 19.1 Å². The Morgan fingerprint density at radius 1 is 1.25 bits per heavy atom. The molecule has 1 rings (SSSR count). The second kappa shape index (κ2) is 6.98. The van der Waals surface area contributed by atoms with E-state index < -0.39 is 0 Å². The third-order valence-electron chi connectivity index (χ3n) is 2.00. The lowest BCUT2D eigenvalue weighted by atomic mass is 10.1. The molecule has 0 unspecified atom stereocenters. The van der Waals surface area contributed by atoms with Gasteiger partial charge in [0.2, 0.25) is 0 Å². The van der Waals surface area contributed by atoms with Crippen LogP contribution in [0.5, 0.6) is 5.75 Å². The monoisotopic (exact) mass is 224 g/mol. The van der Waals surface area contributed by atoms with Crippen molar-refractivity contribution in [2.75, 3.05) is 27.1 Å². The predicted octanol–water partition coefficient (Wildman–Crippen LogP) is 1.89. The molecule has 0 saturated carbocycles. The van der Waals surface area contributed by atoms with E-state index in [2.05, 4.69) is 0 Å². The first kappa shape index (κ1) is 12.7. The molecule has 0 heterocycles. The van der Waals surface area contributed by atoms with Crippen molar-refractivity contribution in [3.05, 3.63) is 29.8 Å². The summed E-state index contributed by atoms with van der Waals surface area (Å²) < 4.78 is 15.3. The summed E-state index contributed by atoms with van der Waals surface area (Å²) >= 11 is 0. The lowest BCUT2D eigenvalue weighted by Crippen LogP contribution is -2.09. The van der Waals surface area contributed by atoms with Crippen LogP contribution in [0.25, 0.3) is 0 Å². The van der Waals surface area contributed by atoms with E-state index in [9.17, 15) is 4.79 Å². The average molecular weight is 224 g/mol. The van der Waals surface area contributed by atoms with Gasteiger partial charge in [0, 0.05) is 7.11 Å². The van der Waals surface area contributed by atoms with Gasteiger partial charge in [-0.3, -0.25) is 4.79 Å². The molecule has 0 N–H and O–H groups in total. The lowest BCUT2D eigenvalue weighted by Gasteiger charge is -2.09. The third-order valence-corrected chi connectivity index (χ3v) is 2.00. The van der Waals surface area contributed by atoms with E-state index in [4.69, 9.17) is 14.2 Å². The van der Waals surface area contributed by atoms with Crippen LogP contribution >= 0.6 is 0 Å². The standard InChI is InChI=1S/C12H16O4/c1-10(13)11-5-3-4-6-12(11)16-9-15-8-7-14-2/h3-6H,7-9H2,1-2H3. The molecule has 4 nitrogen and oxygen atoms in total. The van der Waals surface area contributed by atoms with Crippen molar-refractivity contribution in [1.82, 2.24) is 0 Å². The Morgan fingerprint density at radius 3 is 2.69 bits per heavy atom. The number of methoxy groups -OCH3 is 1. The van der Waals surface area contributed by atoms with Crippen molar-refractivity contribution < 1.29 is 19.0 Å². The summed E-state index contributed by atoms with van der Waals surface area (Å²) in [5.41, 5.74) is 0.567. The van der Waals surface area contributed by atoms with Gasteiger partial charge in [0.25, 0.3) is 0 Å². The summed E-state index contributed by atoms with van der Waals surface area (Å²) in [5.74, 6) is 0.528. The van der Waals surface area contributed by atoms with E-state index >= 15 is 0 Å². The summed E-state index contributed by atoms with van der Waals surface area (Å²) in [4.78, 5) is 11.3. The quantitative estimate of drug-likeness (QED) is 0.403. The van der Waals surface area contributed by atoms with Gasteiger partial charge in [-0.1, -0.05) is 12.1 Å². The van der Waals surface area contributed by atoms with Gasteiger partial charge < -0.3 is 14.2 Å². The minimum absolute atomic E-state index is 0.0208. The highest BCUT2D eigenvalue weighted by atomic mass is 16.7. The number of hydrogen-bond acceptors (Lipinski definition) is 4. The summed E-state index contributed by atoms with van der Waals surface area (Å²) in [6, 6.07) is 7.09. The Bertz CT molecular complexity index is 336. The fourth-order valence-corrected chi connectivity index (χ4v) is 1.19. The first-order chi connectivity index (χ1) is 7.75. The van der Waals surface area contributed by atoms with Crippen LogP contribution in [0.4, 0.5) is 0 Å². The Balaban J connectivity index is 2.44.